The molecule has 29 heavy (non-hydrogen) atoms. The first-order valence-corrected chi connectivity index (χ1v) is 11.0. The normalized spacial score (nSPS) is 17.5. The highest BCUT2D eigenvalue weighted by Crippen LogP contribution is 2.26. The van der Waals surface area contributed by atoms with Crippen LogP contribution in [0.15, 0.2) is 53.4 Å². The Labute approximate surface area is 175 Å². The molecule has 0 radical (unpaired) electrons. The van der Waals surface area contributed by atoms with Crippen LogP contribution in [0.4, 0.5) is 5.69 Å². The number of halogens is 1. The lowest BCUT2D eigenvalue weighted by atomic mass is 9.98. The number of anilines is 1. The van der Waals surface area contributed by atoms with E-state index < -0.39 is 15.9 Å². The Kier molecular flexibility index (Phi) is 6.56. The van der Waals surface area contributed by atoms with Gasteiger partial charge < -0.3 is 10.6 Å². The van der Waals surface area contributed by atoms with Crippen molar-refractivity contribution in [3.63, 3.8) is 0 Å². The van der Waals surface area contributed by atoms with Crippen molar-refractivity contribution in [2.24, 2.45) is 5.92 Å². The van der Waals surface area contributed by atoms with Gasteiger partial charge in [0.05, 0.1) is 22.1 Å². The summed E-state index contributed by atoms with van der Waals surface area (Å²) < 4.78 is 27.1. The Hall–Kier alpha value is -2.42. The van der Waals surface area contributed by atoms with Gasteiger partial charge in [0.2, 0.25) is 15.9 Å². The molecular weight excluding hydrogens is 414 g/mol. The minimum absolute atomic E-state index is 0.0823. The lowest BCUT2D eigenvalue weighted by Gasteiger charge is -2.31. The van der Waals surface area contributed by atoms with Crippen molar-refractivity contribution >= 4 is 39.1 Å². The molecule has 0 aliphatic carbocycles. The molecule has 0 unspecified atom stereocenters. The summed E-state index contributed by atoms with van der Waals surface area (Å²) in [6.45, 7) is 0.433. The zero-order valence-corrected chi connectivity index (χ0v) is 17.5. The summed E-state index contributed by atoms with van der Waals surface area (Å²) in [6, 6.07) is 12.7. The van der Waals surface area contributed by atoms with Gasteiger partial charge >= 0.3 is 0 Å². The number of nitrogens with zero attached hydrogens (tertiary/aromatic N) is 1. The highest BCUT2D eigenvalue weighted by atomic mass is 35.5. The summed E-state index contributed by atoms with van der Waals surface area (Å²) in [5.41, 5.74) is 0.749. The number of carbonyl (C=O) groups is 2. The standard InChI is InChI=1S/C20H22ClN3O4S/c1-22-20(26)17-6-2-3-7-18(17)23-19(25)14-5-4-12-24(13-14)29(27,28)16-10-8-15(21)9-11-16/h2-3,6-11,14H,4-5,12-13H2,1H3,(H,22,26)(H,23,25)/t14-/m1/s1. The third-order valence-electron chi connectivity index (χ3n) is 4.86. The number of benzene rings is 2. The summed E-state index contributed by atoms with van der Waals surface area (Å²) in [4.78, 5) is 24.9. The molecule has 0 spiro atoms. The zero-order chi connectivity index (χ0) is 21.0. The van der Waals surface area contributed by atoms with Gasteiger partial charge in [0, 0.05) is 25.2 Å². The maximum Gasteiger partial charge on any atom is 0.253 e. The maximum absolute atomic E-state index is 12.9. The first-order chi connectivity index (χ1) is 13.8. The molecular formula is C20H22ClN3O4S. The third-order valence-corrected chi connectivity index (χ3v) is 6.99. The quantitative estimate of drug-likeness (QED) is 0.754. The van der Waals surface area contributed by atoms with E-state index in [1.807, 2.05) is 0 Å². The van der Waals surface area contributed by atoms with Gasteiger partial charge in [-0.2, -0.15) is 4.31 Å². The third kappa shape index (κ3) is 4.77. The number of carbonyl (C=O) groups excluding carboxylic acids is 2. The van der Waals surface area contributed by atoms with Crippen LogP contribution in [0.2, 0.25) is 5.02 Å². The van der Waals surface area contributed by atoms with Crippen LogP contribution in [-0.4, -0.2) is 44.7 Å². The molecule has 1 heterocycles. The highest BCUT2D eigenvalue weighted by molar-refractivity contribution is 7.89. The fourth-order valence-corrected chi connectivity index (χ4v) is 4.94. The van der Waals surface area contributed by atoms with Crippen LogP contribution in [0.25, 0.3) is 0 Å². The molecule has 7 nitrogen and oxygen atoms in total. The van der Waals surface area contributed by atoms with Crippen LogP contribution >= 0.6 is 11.6 Å². The lowest BCUT2D eigenvalue weighted by molar-refractivity contribution is -0.120. The van der Waals surface area contributed by atoms with Crippen LogP contribution in [0.1, 0.15) is 23.2 Å². The molecule has 0 bridgehead atoms. The Morgan fingerprint density at radius 3 is 2.48 bits per heavy atom. The van der Waals surface area contributed by atoms with Gasteiger partial charge in [-0.3, -0.25) is 9.59 Å². The minimum atomic E-state index is -3.71. The zero-order valence-electron chi connectivity index (χ0n) is 15.9. The Bertz CT molecular complexity index is 1010. The SMILES string of the molecule is CNC(=O)c1ccccc1NC(=O)[C@@H]1CCCN(S(=O)(=O)c2ccc(Cl)cc2)C1. The van der Waals surface area contributed by atoms with Crippen molar-refractivity contribution in [2.45, 2.75) is 17.7 Å². The predicted molar refractivity (Wildman–Crippen MR) is 111 cm³/mol. The second kappa shape index (κ2) is 8.94. The number of sulfonamides is 1. The van der Waals surface area contributed by atoms with E-state index in [2.05, 4.69) is 10.6 Å². The van der Waals surface area contributed by atoms with Gasteiger partial charge in [-0.15, -0.1) is 0 Å². The van der Waals surface area contributed by atoms with Crippen LogP contribution < -0.4 is 10.6 Å². The number of nitrogens with one attached hydrogen (secondary N) is 2. The second-order valence-electron chi connectivity index (χ2n) is 6.77. The van der Waals surface area contributed by atoms with Gasteiger partial charge in [-0.25, -0.2) is 8.42 Å². The van der Waals surface area contributed by atoms with Crippen molar-refractivity contribution < 1.29 is 18.0 Å². The second-order valence-corrected chi connectivity index (χ2v) is 9.14. The molecule has 154 valence electrons. The van der Waals surface area contributed by atoms with Gasteiger partial charge in [0.1, 0.15) is 0 Å². The maximum atomic E-state index is 12.9. The van der Waals surface area contributed by atoms with Gasteiger partial charge in [0.25, 0.3) is 5.91 Å². The average Bonchev–Trinajstić information content (AvgIpc) is 2.74. The van der Waals surface area contributed by atoms with E-state index in [-0.39, 0.29) is 23.3 Å². The van der Waals surface area contributed by atoms with Gasteiger partial charge in [0.15, 0.2) is 0 Å². The molecule has 3 rings (SSSR count). The molecule has 9 heteroatoms. The smallest absolute Gasteiger partial charge is 0.253 e. The van der Waals surface area contributed by atoms with E-state index >= 15 is 0 Å². The van der Waals surface area contributed by atoms with Crippen molar-refractivity contribution in [2.75, 3.05) is 25.5 Å². The summed E-state index contributed by atoms with van der Waals surface area (Å²) in [5, 5.41) is 5.77. The monoisotopic (exact) mass is 435 g/mol. The summed E-state index contributed by atoms with van der Waals surface area (Å²) in [7, 11) is -2.20. The Morgan fingerprint density at radius 2 is 1.79 bits per heavy atom. The predicted octanol–water partition coefficient (Wildman–Crippen LogP) is 2.74. The van der Waals surface area contributed by atoms with E-state index in [4.69, 9.17) is 11.6 Å². The van der Waals surface area contributed by atoms with E-state index in [0.29, 0.717) is 35.7 Å². The first-order valence-electron chi connectivity index (χ1n) is 9.20. The molecule has 1 saturated heterocycles. The molecule has 2 amide bonds. The topological polar surface area (TPSA) is 95.6 Å². The molecule has 2 aromatic rings. The molecule has 1 aliphatic heterocycles. The number of rotatable bonds is 5. The first kappa shape index (κ1) is 21.3. The summed E-state index contributed by atoms with van der Waals surface area (Å²) >= 11 is 5.84. The molecule has 1 fully saturated rings. The van der Waals surface area contributed by atoms with Crippen LogP contribution in [0.5, 0.6) is 0 Å². The molecule has 0 saturated carbocycles. The molecule has 2 N–H and O–H groups in total. The van der Waals surface area contributed by atoms with Crippen LogP contribution in [0, 0.1) is 5.92 Å². The van der Waals surface area contributed by atoms with Crippen molar-refractivity contribution in [1.82, 2.24) is 9.62 Å². The molecule has 1 atom stereocenters. The molecule has 1 aliphatic rings. The van der Waals surface area contributed by atoms with E-state index in [0.717, 1.165) is 0 Å². The Morgan fingerprint density at radius 1 is 1.10 bits per heavy atom. The summed E-state index contributed by atoms with van der Waals surface area (Å²) in [6.07, 6.45) is 1.14. The number of amides is 2. The largest absolute Gasteiger partial charge is 0.355 e. The van der Waals surface area contributed by atoms with E-state index in [1.54, 1.807) is 24.3 Å². The molecule has 2 aromatic carbocycles. The van der Waals surface area contributed by atoms with Crippen LogP contribution in [-0.2, 0) is 14.8 Å². The van der Waals surface area contributed by atoms with Gasteiger partial charge in [-0.05, 0) is 49.2 Å². The highest BCUT2D eigenvalue weighted by Gasteiger charge is 2.33. The number of hydrogen-bond acceptors (Lipinski definition) is 4. The molecule has 0 aromatic heterocycles. The fourth-order valence-electron chi connectivity index (χ4n) is 3.29. The lowest BCUT2D eigenvalue weighted by Crippen LogP contribution is -2.43. The summed E-state index contributed by atoms with van der Waals surface area (Å²) in [5.74, 6) is -1.13. The van der Waals surface area contributed by atoms with Crippen molar-refractivity contribution in [3.05, 3.63) is 59.1 Å². The average molecular weight is 436 g/mol. The van der Waals surface area contributed by atoms with E-state index in [1.165, 1.54) is 35.6 Å². The fraction of sp³-hybridized carbons (Fsp3) is 0.300. The number of para-hydroxylation sites is 1. The minimum Gasteiger partial charge on any atom is -0.355 e. The van der Waals surface area contributed by atoms with Crippen molar-refractivity contribution in [1.29, 1.82) is 0 Å². The number of piperidine rings is 1. The number of hydrogen-bond donors (Lipinski definition) is 2. The van der Waals surface area contributed by atoms with Gasteiger partial charge in [-0.1, -0.05) is 23.7 Å². The van der Waals surface area contributed by atoms with Crippen LogP contribution in [0.3, 0.4) is 0 Å². The van der Waals surface area contributed by atoms with Crippen molar-refractivity contribution in [3.8, 4) is 0 Å². The van der Waals surface area contributed by atoms with E-state index in [9.17, 15) is 18.0 Å². The Balaban J connectivity index is 1.75.